The summed E-state index contributed by atoms with van der Waals surface area (Å²) in [5, 5.41) is 42.3. The molecule has 4 N–H and O–H groups in total. The van der Waals surface area contributed by atoms with Gasteiger partial charge in [-0.25, -0.2) is 9.78 Å². The predicted octanol–water partition coefficient (Wildman–Crippen LogP) is 6.88. The fraction of sp³-hybridized carbons (Fsp3) is 0.551. The fourth-order valence-corrected chi connectivity index (χ4v) is 7.36. The van der Waals surface area contributed by atoms with E-state index in [0.29, 0.717) is 18.0 Å². The Hall–Kier alpha value is -4.02. The summed E-state index contributed by atoms with van der Waals surface area (Å²) < 4.78 is 41.4. The zero-order valence-corrected chi connectivity index (χ0v) is 38.0. The summed E-state index contributed by atoms with van der Waals surface area (Å²) in [5.41, 5.74) is 1.56. The largest absolute Gasteiger partial charge is 0.458 e. The van der Waals surface area contributed by atoms with Gasteiger partial charge < -0.3 is 53.3 Å². The Kier molecular flexibility index (Phi) is 23.0. The number of carbonyl (C=O) groups is 1. The number of aliphatic hydroxyl groups excluding tert-OH is 4. The van der Waals surface area contributed by atoms with Crippen LogP contribution in [0.5, 0.6) is 0 Å². The quantitative estimate of drug-likeness (QED) is 0.189. The van der Waals surface area contributed by atoms with Crippen molar-refractivity contribution in [3.8, 4) is 0 Å². The smallest absolute Gasteiger partial charge is 0.331 e. The summed E-state index contributed by atoms with van der Waals surface area (Å²) >= 11 is 0. The van der Waals surface area contributed by atoms with Crippen LogP contribution in [0.4, 0.5) is 0 Å². The highest BCUT2D eigenvalue weighted by Crippen LogP contribution is 2.30. The standard InChI is InChI=1S/C49H71NO12/c1-31-21-15-11-14-18-26-43(54)62-45(35(5)40(53)28-34(4)51)32(2)22-16-12-13-17-24-39(52)29-42(56-8)36(6)48-50-38(30-59-48)23-19-20-25-41(33(3)27-31)61-49-47(58-10)46(57-9)44(55)37(7)60-49/h11-27,30,32-37,39-42,44-47,49,51-53,55H,28-29H2,1-10H3/b13-12?,14-11+,21-15?,22-16?,23-19+,24-17?,25-20?,26-18?,31-27?. The third-order valence-corrected chi connectivity index (χ3v) is 11.1. The van der Waals surface area contributed by atoms with Gasteiger partial charge in [-0.05, 0) is 33.3 Å². The SMILES string of the molecule is COC1CC(O)C=CC=CC=CC(C)C(C(C)C(O)CC(C)O)OC(=O)C=C/C=C/C=CC(C)=CC(C)C(OC2OC(C)C(O)C(OC)C2OC)C=C/C=C/c2coc(n2)C1C. The van der Waals surface area contributed by atoms with Gasteiger partial charge in [0.2, 0.25) is 0 Å². The number of aliphatic hydroxyl groups is 4. The number of hydrogen-bond acceptors (Lipinski definition) is 13. The van der Waals surface area contributed by atoms with E-state index in [9.17, 15) is 25.2 Å². The van der Waals surface area contributed by atoms with Crippen LogP contribution in [0.2, 0.25) is 0 Å². The second-order valence-corrected chi connectivity index (χ2v) is 16.2. The molecule has 0 saturated carbocycles. The molecule has 1 fully saturated rings. The number of rotatable bonds is 9. The number of cyclic esters (lactones) is 1. The van der Waals surface area contributed by atoms with Gasteiger partial charge in [0.15, 0.2) is 12.2 Å². The van der Waals surface area contributed by atoms with Gasteiger partial charge in [0, 0.05) is 51.6 Å². The van der Waals surface area contributed by atoms with Crippen LogP contribution in [-0.4, -0.2) is 120 Å². The summed E-state index contributed by atoms with van der Waals surface area (Å²) in [4.78, 5) is 17.7. The molecule has 0 radical (unpaired) electrons. The average molecular weight is 866 g/mol. The summed E-state index contributed by atoms with van der Waals surface area (Å²) in [6.45, 7) is 13.0. The summed E-state index contributed by atoms with van der Waals surface area (Å²) in [6, 6.07) is 0. The highest BCUT2D eigenvalue weighted by molar-refractivity contribution is 5.82. The lowest BCUT2D eigenvalue weighted by Crippen LogP contribution is -2.59. The molecule has 3 rings (SSSR count). The number of allylic oxidation sites excluding steroid dienone is 12. The van der Waals surface area contributed by atoms with E-state index in [4.69, 9.17) is 32.8 Å². The molecule has 344 valence electrons. The van der Waals surface area contributed by atoms with Gasteiger partial charge in [-0.1, -0.05) is 124 Å². The molecule has 2 bridgehead atoms. The fourth-order valence-electron chi connectivity index (χ4n) is 7.36. The zero-order chi connectivity index (χ0) is 45.8. The van der Waals surface area contributed by atoms with Crippen LogP contribution in [0.3, 0.4) is 0 Å². The normalized spacial score (nSPS) is 33.8. The Morgan fingerprint density at radius 2 is 1.42 bits per heavy atom. The molecule has 3 heterocycles. The highest BCUT2D eigenvalue weighted by Gasteiger charge is 2.46. The molecule has 1 saturated heterocycles. The lowest BCUT2D eigenvalue weighted by Gasteiger charge is -2.43. The third-order valence-electron chi connectivity index (χ3n) is 11.1. The molecule has 13 nitrogen and oxygen atoms in total. The van der Waals surface area contributed by atoms with Crippen LogP contribution in [0, 0.1) is 17.8 Å². The number of carbonyl (C=O) groups excluding carboxylic acids is 1. The van der Waals surface area contributed by atoms with Crippen LogP contribution in [0.15, 0.2) is 113 Å². The molecule has 15 atom stereocenters. The molecular weight excluding hydrogens is 795 g/mol. The van der Waals surface area contributed by atoms with E-state index in [0.717, 1.165) is 5.57 Å². The molecule has 0 amide bonds. The minimum absolute atomic E-state index is 0.141. The predicted molar refractivity (Wildman–Crippen MR) is 240 cm³/mol. The van der Waals surface area contributed by atoms with Gasteiger partial charge >= 0.3 is 5.97 Å². The van der Waals surface area contributed by atoms with Crippen molar-refractivity contribution in [3.63, 3.8) is 0 Å². The van der Waals surface area contributed by atoms with Gasteiger partial charge in [-0.15, -0.1) is 0 Å². The number of aromatic nitrogens is 1. The number of ether oxygens (including phenoxy) is 6. The third kappa shape index (κ3) is 16.9. The Morgan fingerprint density at radius 1 is 0.790 bits per heavy atom. The first-order valence-corrected chi connectivity index (χ1v) is 21.4. The first-order chi connectivity index (χ1) is 29.6. The van der Waals surface area contributed by atoms with Gasteiger partial charge in [-0.3, -0.25) is 0 Å². The van der Waals surface area contributed by atoms with E-state index in [1.165, 1.54) is 20.3 Å². The molecule has 15 unspecified atom stereocenters. The van der Waals surface area contributed by atoms with Gasteiger partial charge in [-0.2, -0.15) is 0 Å². The number of methoxy groups -OCH3 is 3. The van der Waals surface area contributed by atoms with Crippen LogP contribution in [0.1, 0.15) is 78.8 Å². The van der Waals surface area contributed by atoms with Gasteiger partial charge in [0.25, 0.3) is 0 Å². The van der Waals surface area contributed by atoms with E-state index in [-0.39, 0.29) is 30.3 Å². The second-order valence-electron chi connectivity index (χ2n) is 16.2. The second kappa shape index (κ2) is 27.2. The van der Waals surface area contributed by atoms with Crippen LogP contribution in [0.25, 0.3) is 6.08 Å². The van der Waals surface area contributed by atoms with Crippen LogP contribution >= 0.6 is 0 Å². The Balaban J connectivity index is 1.96. The van der Waals surface area contributed by atoms with Gasteiger partial charge in [0.05, 0.1) is 42.5 Å². The number of oxazole rings is 1. The molecule has 0 spiro atoms. The van der Waals surface area contributed by atoms with Gasteiger partial charge in [0.1, 0.15) is 36.4 Å². The van der Waals surface area contributed by atoms with Crippen molar-refractivity contribution in [2.75, 3.05) is 21.3 Å². The molecule has 1 aromatic rings. The maximum Gasteiger partial charge on any atom is 0.331 e. The van der Waals surface area contributed by atoms with Crippen molar-refractivity contribution in [2.24, 2.45) is 17.8 Å². The summed E-state index contributed by atoms with van der Waals surface area (Å²) in [5.74, 6) is -1.26. The Morgan fingerprint density at radius 3 is 2.08 bits per heavy atom. The van der Waals surface area contributed by atoms with Crippen molar-refractivity contribution in [1.82, 2.24) is 4.98 Å². The van der Waals surface area contributed by atoms with E-state index >= 15 is 0 Å². The number of nitrogens with zero attached hydrogens (tertiary/aromatic N) is 1. The number of hydrogen-bond donors (Lipinski definition) is 4. The Bertz CT molecular complexity index is 1750. The van der Waals surface area contributed by atoms with Crippen LogP contribution in [-0.2, 0) is 33.2 Å². The summed E-state index contributed by atoms with van der Waals surface area (Å²) in [7, 11) is 4.63. The van der Waals surface area contributed by atoms with Crippen molar-refractivity contribution in [1.29, 1.82) is 0 Å². The molecule has 2 aliphatic heterocycles. The summed E-state index contributed by atoms with van der Waals surface area (Å²) in [6.07, 6.45) is 24.8. The first kappa shape index (κ1) is 52.3. The lowest BCUT2D eigenvalue weighted by molar-refractivity contribution is -0.310. The lowest BCUT2D eigenvalue weighted by atomic mass is 9.86. The topological polar surface area (TPSA) is 179 Å². The monoisotopic (exact) mass is 865 g/mol. The number of fused-ring (bicyclic) bond motifs is 2. The minimum Gasteiger partial charge on any atom is -0.458 e. The average Bonchev–Trinajstić information content (AvgIpc) is 3.71. The van der Waals surface area contributed by atoms with Crippen LogP contribution < -0.4 is 0 Å². The molecule has 1 aromatic heterocycles. The first-order valence-electron chi connectivity index (χ1n) is 21.4. The molecule has 0 aliphatic carbocycles. The van der Waals surface area contributed by atoms with Crippen molar-refractivity contribution < 1.29 is 58.1 Å². The molecule has 13 heteroatoms. The van der Waals surface area contributed by atoms with Crippen molar-refractivity contribution in [2.45, 2.75) is 135 Å². The molecular formula is C49H71NO12. The number of esters is 1. The molecule has 0 aromatic carbocycles. The molecule has 62 heavy (non-hydrogen) atoms. The molecule has 2 aliphatic rings. The van der Waals surface area contributed by atoms with E-state index in [1.54, 1.807) is 76.7 Å². The van der Waals surface area contributed by atoms with E-state index in [1.807, 2.05) is 76.3 Å². The van der Waals surface area contributed by atoms with E-state index < -0.39 is 73.1 Å². The highest BCUT2D eigenvalue weighted by atomic mass is 16.7. The maximum atomic E-state index is 13.0. The van der Waals surface area contributed by atoms with Crippen molar-refractivity contribution >= 4 is 12.0 Å². The zero-order valence-electron chi connectivity index (χ0n) is 38.0. The Labute approximate surface area is 368 Å². The van der Waals surface area contributed by atoms with E-state index in [2.05, 4.69) is 11.1 Å². The minimum atomic E-state index is -0.903. The van der Waals surface area contributed by atoms with Crippen molar-refractivity contribution in [3.05, 3.63) is 121 Å². The maximum absolute atomic E-state index is 13.0.